The summed E-state index contributed by atoms with van der Waals surface area (Å²) in [6, 6.07) is 18.4. The molecule has 1 aliphatic rings. The van der Waals surface area contributed by atoms with Crippen LogP contribution in [0.4, 0.5) is 5.69 Å². The molecule has 1 amide bonds. The maximum Gasteiger partial charge on any atom is 0.300 e. The normalized spacial score (nSPS) is 17.1. The van der Waals surface area contributed by atoms with Gasteiger partial charge < -0.3 is 19.6 Å². The molecule has 36 heavy (non-hydrogen) atoms. The van der Waals surface area contributed by atoms with Gasteiger partial charge in [0, 0.05) is 40.0 Å². The van der Waals surface area contributed by atoms with Crippen molar-refractivity contribution in [3.8, 4) is 11.5 Å². The molecule has 1 aromatic heterocycles. The SMILES string of the molecule is CCOc1cccc(N2C(=O)C(=O)/C(=C(/O)c3ccc(Cl)c(OC)c3)C2c2c[nH]c3ccccc23)c1. The minimum absolute atomic E-state index is 0.0315. The van der Waals surface area contributed by atoms with Crippen LogP contribution in [0, 0.1) is 0 Å². The summed E-state index contributed by atoms with van der Waals surface area (Å²) in [6.45, 7) is 2.32. The van der Waals surface area contributed by atoms with E-state index in [1.807, 2.05) is 31.2 Å². The van der Waals surface area contributed by atoms with Gasteiger partial charge in [-0.3, -0.25) is 14.5 Å². The second kappa shape index (κ2) is 9.43. The molecule has 0 saturated carbocycles. The van der Waals surface area contributed by atoms with Crippen molar-refractivity contribution in [2.24, 2.45) is 0 Å². The lowest BCUT2D eigenvalue weighted by Crippen LogP contribution is -2.29. The van der Waals surface area contributed by atoms with Gasteiger partial charge >= 0.3 is 0 Å². The first kappa shape index (κ1) is 23.5. The Morgan fingerprint density at radius 1 is 1.08 bits per heavy atom. The highest BCUT2D eigenvalue weighted by Gasteiger charge is 2.47. The van der Waals surface area contributed by atoms with Gasteiger partial charge in [0.25, 0.3) is 11.7 Å². The molecule has 1 saturated heterocycles. The molecule has 8 heteroatoms. The van der Waals surface area contributed by atoms with Crippen LogP contribution in [0.2, 0.25) is 5.02 Å². The zero-order valence-electron chi connectivity index (χ0n) is 19.6. The number of Topliss-reactive ketones (excluding diaryl/α,β-unsaturated/α-hetero) is 1. The fourth-order valence-electron chi connectivity index (χ4n) is 4.57. The van der Waals surface area contributed by atoms with Crippen LogP contribution in [-0.4, -0.2) is 35.5 Å². The van der Waals surface area contributed by atoms with Crippen molar-refractivity contribution in [2.45, 2.75) is 13.0 Å². The first-order valence-corrected chi connectivity index (χ1v) is 11.8. The van der Waals surface area contributed by atoms with Crippen LogP contribution in [0.25, 0.3) is 16.7 Å². The number of ketones is 1. The third-order valence-electron chi connectivity index (χ3n) is 6.19. The van der Waals surface area contributed by atoms with Gasteiger partial charge in [0.05, 0.1) is 30.4 Å². The van der Waals surface area contributed by atoms with Crippen LogP contribution >= 0.6 is 11.6 Å². The second-order valence-electron chi connectivity index (χ2n) is 8.24. The molecule has 2 N–H and O–H groups in total. The van der Waals surface area contributed by atoms with E-state index in [9.17, 15) is 14.7 Å². The third kappa shape index (κ3) is 3.87. The first-order valence-electron chi connectivity index (χ1n) is 11.4. The van der Waals surface area contributed by atoms with Gasteiger partial charge in [-0.05, 0) is 43.3 Å². The van der Waals surface area contributed by atoms with Crippen molar-refractivity contribution in [1.29, 1.82) is 0 Å². The number of ether oxygens (including phenoxy) is 2. The number of benzene rings is 3. The van der Waals surface area contributed by atoms with Gasteiger partial charge in [-0.15, -0.1) is 0 Å². The number of rotatable bonds is 6. The number of methoxy groups -OCH3 is 1. The molecule has 3 aromatic carbocycles. The number of aliphatic hydroxyl groups excluding tert-OH is 1. The van der Waals surface area contributed by atoms with Crippen LogP contribution in [-0.2, 0) is 9.59 Å². The van der Waals surface area contributed by atoms with E-state index in [-0.39, 0.29) is 11.3 Å². The fourth-order valence-corrected chi connectivity index (χ4v) is 4.76. The Morgan fingerprint density at radius 3 is 2.67 bits per heavy atom. The minimum Gasteiger partial charge on any atom is -0.507 e. The molecule has 182 valence electrons. The molecular formula is C28H23ClN2O5. The van der Waals surface area contributed by atoms with Crippen molar-refractivity contribution < 1.29 is 24.2 Å². The average Bonchev–Trinajstić information content (AvgIpc) is 3.42. The Hall–Kier alpha value is -4.23. The zero-order chi connectivity index (χ0) is 25.4. The van der Waals surface area contributed by atoms with Crippen LogP contribution in [0.1, 0.15) is 24.1 Å². The molecule has 4 aromatic rings. The fraction of sp³-hybridized carbons (Fsp3) is 0.143. The highest BCUT2D eigenvalue weighted by atomic mass is 35.5. The standard InChI is InChI=1S/C28H23ClN2O5/c1-3-36-18-8-6-7-17(14-18)31-25(20-15-30-22-10-5-4-9-19(20)22)24(27(33)28(31)34)26(32)16-11-12-21(29)23(13-16)35-2/h4-15,25,30,32H,3H2,1-2H3/b26-24+. The summed E-state index contributed by atoms with van der Waals surface area (Å²) in [5, 5.41) is 12.6. The number of aromatic nitrogens is 1. The molecular weight excluding hydrogens is 480 g/mol. The molecule has 1 atom stereocenters. The van der Waals surface area contributed by atoms with Gasteiger partial charge in [0.15, 0.2) is 0 Å². The number of anilines is 1. The number of aliphatic hydroxyl groups is 1. The monoisotopic (exact) mass is 502 g/mol. The summed E-state index contributed by atoms with van der Waals surface area (Å²) in [4.78, 5) is 31.6. The van der Waals surface area contributed by atoms with E-state index in [1.54, 1.807) is 42.6 Å². The number of carbonyl (C=O) groups is 2. The van der Waals surface area contributed by atoms with Crippen molar-refractivity contribution in [3.63, 3.8) is 0 Å². The topological polar surface area (TPSA) is 91.9 Å². The van der Waals surface area contributed by atoms with Crippen LogP contribution in [0.15, 0.2) is 78.5 Å². The van der Waals surface area contributed by atoms with E-state index in [0.29, 0.717) is 39.9 Å². The number of fused-ring (bicyclic) bond motifs is 1. The molecule has 0 spiro atoms. The van der Waals surface area contributed by atoms with E-state index < -0.39 is 17.7 Å². The Morgan fingerprint density at radius 2 is 1.89 bits per heavy atom. The number of halogens is 1. The molecule has 0 aliphatic carbocycles. The van der Waals surface area contributed by atoms with Gasteiger partial charge in [0.1, 0.15) is 17.3 Å². The number of amides is 1. The lowest BCUT2D eigenvalue weighted by atomic mass is 9.94. The second-order valence-corrected chi connectivity index (χ2v) is 8.65. The first-order chi connectivity index (χ1) is 17.4. The summed E-state index contributed by atoms with van der Waals surface area (Å²) in [7, 11) is 1.46. The number of aromatic amines is 1. The summed E-state index contributed by atoms with van der Waals surface area (Å²) in [6.07, 6.45) is 1.76. The van der Waals surface area contributed by atoms with Gasteiger partial charge in [-0.25, -0.2) is 0 Å². The highest BCUT2D eigenvalue weighted by Crippen LogP contribution is 2.45. The zero-order valence-corrected chi connectivity index (χ0v) is 20.4. The van der Waals surface area contributed by atoms with E-state index >= 15 is 0 Å². The Labute approximate surface area is 212 Å². The Bertz CT molecular complexity index is 1520. The number of nitrogens with zero attached hydrogens (tertiary/aromatic N) is 1. The summed E-state index contributed by atoms with van der Waals surface area (Å²) in [5.74, 6) is -0.956. The number of nitrogens with one attached hydrogen (secondary N) is 1. The Balaban J connectivity index is 1.76. The number of para-hydroxylation sites is 1. The number of hydrogen-bond acceptors (Lipinski definition) is 5. The smallest absolute Gasteiger partial charge is 0.300 e. The molecule has 5 rings (SSSR count). The highest BCUT2D eigenvalue weighted by molar-refractivity contribution is 6.52. The summed E-state index contributed by atoms with van der Waals surface area (Å²) >= 11 is 6.16. The molecule has 7 nitrogen and oxygen atoms in total. The number of H-pyrrole nitrogens is 1. The van der Waals surface area contributed by atoms with Crippen LogP contribution in [0.3, 0.4) is 0 Å². The largest absolute Gasteiger partial charge is 0.507 e. The minimum atomic E-state index is -0.889. The maximum atomic E-state index is 13.5. The molecule has 0 radical (unpaired) electrons. The van der Waals surface area contributed by atoms with E-state index in [0.717, 1.165) is 10.9 Å². The van der Waals surface area contributed by atoms with Crippen molar-refractivity contribution in [1.82, 2.24) is 4.98 Å². The van der Waals surface area contributed by atoms with Crippen LogP contribution < -0.4 is 14.4 Å². The quantitative estimate of drug-likeness (QED) is 0.196. The van der Waals surface area contributed by atoms with Crippen molar-refractivity contribution >= 4 is 45.6 Å². The molecule has 1 unspecified atom stereocenters. The molecule has 1 aliphatic heterocycles. The molecule has 2 heterocycles. The number of carbonyl (C=O) groups excluding carboxylic acids is 2. The van der Waals surface area contributed by atoms with Gasteiger partial charge in [0.2, 0.25) is 0 Å². The van der Waals surface area contributed by atoms with Crippen LogP contribution in [0.5, 0.6) is 11.5 Å². The Kier molecular flexibility index (Phi) is 6.16. The number of hydrogen-bond donors (Lipinski definition) is 2. The molecule has 0 bridgehead atoms. The predicted molar refractivity (Wildman–Crippen MR) is 139 cm³/mol. The lowest BCUT2D eigenvalue weighted by molar-refractivity contribution is -0.132. The van der Waals surface area contributed by atoms with Crippen molar-refractivity contribution in [2.75, 3.05) is 18.6 Å². The van der Waals surface area contributed by atoms with Gasteiger partial charge in [-0.1, -0.05) is 35.9 Å². The van der Waals surface area contributed by atoms with E-state index in [4.69, 9.17) is 21.1 Å². The summed E-state index contributed by atoms with van der Waals surface area (Å²) in [5.41, 5.74) is 2.27. The third-order valence-corrected chi connectivity index (χ3v) is 6.50. The lowest BCUT2D eigenvalue weighted by Gasteiger charge is -2.25. The van der Waals surface area contributed by atoms with E-state index in [1.165, 1.54) is 18.1 Å². The predicted octanol–water partition coefficient (Wildman–Crippen LogP) is 5.85. The maximum absolute atomic E-state index is 13.5. The van der Waals surface area contributed by atoms with Crippen molar-refractivity contribution in [3.05, 3.63) is 94.6 Å². The van der Waals surface area contributed by atoms with E-state index in [2.05, 4.69) is 4.98 Å². The average molecular weight is 503 g/mol. The van der Waals surface area contributed by atoms with Gasteiger partial charge in [-0.2, -0.15) is 0 Å². The summed E-state index contributed by atoms with van der Waals surface area (Å²) < 4.78 is 10.9. The molecule has 1 fully saturated rings.